The van der Waals surface area contributed by atoms with Crippen LogP contribution in [0.4, 0.5) is 5.69 Å². The zero-order valence-corrected chi connectivity index (χ0v) is 17.6. The van der Waals surface area contributed by atoms with Crippen molar-refractivity contribution in [1.82, 2.24) is 0 Å². The molecule has 7 nitrogen and oxygen atoms in total. The molecule has 0 aliphatic carbocycles. The lowest BCUT2D eigenvalue weighted by Gasteiger charge is -2.28. The molecule has 0 aromatic heterocycles. The van der Waals surface area contributed by atoms with E-state index in [-0.39, 0.29) is 22.8 Å². The number of Topliss-reactive ketones (excluding diaryl/α,β-unsaturated/α-hetero) is 1. The number of nitro benzene ring substituents is 1. The first-order valence-electron chi connectivity index (χ1n) is 9.33. The van der Waals surface area contributed by atoms with E-state index < -0.39 is 24.0 Å². The van der Waals surface area contributed by atoms with Gasteiger partial charge in [0.15, 0.2) is 5.78 Å². The normalized spacial score (nSPS) is 11.9. The highest BCUT2D eigenvalue weighted by Crippen LogP contribution is 2.62. The Morgan fingerprint density at radius 1 is 0.903 bits per heavy atom. The topological polar surface area (TPSA) is 95.7 Å². The van der Waals surface area contributed by atoms with Crippen molar-refractivity contribution in [3.8, 4) is 11.5 Å². The predicted octanol–water partition coefficient (Wildman–Crippen LogP) is 6.13. The molecule has 0 saturated heterocycles. The lowest BCUT2D eigenvalue weighted by molar-refractivity contribution is -0.384. The Morgan fingerprint density at radius 2 is 1.35 bits per heavy atom. The third-order valence-electron chi connectivity index (χ3n) is 4.47. The number of hydrogen-bond donors (Lipinski definition) is 0. The van der Waals surface area contributed by atoms with Crippen LogP contribution >= 0.6 is 7.60 Å². The molecular weight excluding hydrogens is 417 g/mol. The fourth-order valence-electron chi connectivity index (χ4n) is 2.93. The van der Waals surface area contributed by atoms with Crippen molar-refractivity contribution in [2.24, 2.45) is 0 Å². The van der Waals surface area contributed by atoms with E-state index in [1.807, 2.05) is 0 Å². The Bertz CT molecular complexity index is 1080. The number of carbonyl (C=O) groups excluding carboxylic acids is 1. The highest BCUT2D eigenvalue weighted by Gasteiger charge is 2.43. The Hall–Kier alpha value is -3.70. The van der Waals surface area contributed by atoms with E-state index in [1.54, 1.807) is 60.7 Å². The van der Waals surface area contributed by atoms with Crippen LogP contribution in [0.15, 0.2) is 97.1 Å². The van der Waals surface area contributed by atoms with E-state index in [4.69, 9.17) is 9.05 Å². The third kappa shape index (κ3) is 5.27. The number of hydrogen-bond acceptors (Lipinski definition) is 6. The zero-order chi connectivity index (χ0) is 22.4. The molecule has 3 aromatic carbocycles. The molecule has 1 unspecified atom stereocenters. The second kappa shape index (κ2) is 9.41. The van der Waals surface area contributed by atoms with Gasteiger partial charge in [-0.15, -0.1) is 0 Å². The summed E-state index contributed by atoms with van der Waals surface area (Å²) in [4.78, 5) is 22.7. The quantitative estimate of drug-likeness (QED) is 0.173. The van der Waals surface area contributed by atoms with Crippen LogP contribution < -0.4 is 9.05 Å². The number of non-ortho nitro benzene ring substituents is 1. The average Bonchev–Trinajstić information content (AvgIpc) is 2.75. The lowest BCUT2D eigenvalue weighted by atomic mass is 10.0. The van der Waals surface area contributed by atoms with Gasteiger partial charge in [0.05, 0.1) is 4.92 Å². The largest absolute Gasteiger partial charge is 0.442 e. The van der Waals surface area contributed by atoms with Gasteiger partial charge in [-0.3, -0.25) is 14.9 Å². The summed E-state index contributed by atoms with van der Waals surface area (Å²) in [6, 6.07) is 22.2. The molecule has 31 heavy (non-hydrogen) atoms. The lowest BCUT2D eigenvalue weighted by Crippen LogP contribution is -2.16. The highest BCUT2D eigenvalue weighted by atomic mass is 31.2. The van der Waals surface area contributed by atoms with E-state index in [0.717, 1.165) is 0 Å². The molecule has 3 rings (SSSR count). The fourth-order valence-corrected chi connectivity index (χ4v) is 5.11. The maximum Gasteiger partial charge on any atom is 0.442 e. The number of para-hydroxylation sites is 2. The summed E-state index contributed by atoms with van der Waals surface area (Å²) >= 11 is 0. The third-order valence-corrected chi connectivity index (χ3v) is 6.64. The number of nitrogens with zero attached hydrogens (tertiary/aromatic N) is 1. The molecular formula is C23H20NO6P. The first-order valence-corrected chi connectivity index (χ1v) is 10.9. The van der Waals surface area contributed by atoms with Gasteiger partial charge in [-0.05, 0) is 36.8 Å². The number of rotatable bonds is 9. The summed E-state index contributed by atoms with van der Waals surface area (Å²) in [5.74, 6) is 0.159. The van der Waals surface area contributed by atoms with Gasteiger partial charge >= 0.3 is 7.60 Å². The number of nitro groups is 1. The first-order chi connectivity index (χ1) is 14.8. The van der Waals surface area contributed by atoms with Crippen LogP contribution in [0.3, 0.4) is 0 Å². The average molecular weight is 437 g/mol. The summed E-state index contributed by atoms with van der Waals surface area (Å²) in [5.41, 5.74) is -0.963. The summed E-state index contributed by atoms with van der Waals surface area (Å²) in [7, 11) is -4.13. The van der Waals surface area contributed by atoms with Crippen molar-refractivity contribution in [3.05, 3.63) is 113 Å². The fraction of sp³-hybridized carbons (Fsp3) is 0.0870. The van der Waals surface area contributed by atoms with Crippen molar-refractivity contribution >= 4 is 19.1 Å². The molecule has 158 valence electrons. The SMILES string of the molecule is C=C(C(C)=O)C(c1ccc([N+](=O)[O-])cc1)P(=O)(Oc1ccccc1)Oc1ccccc1. The summed E-state index contributed by atoms with van der Waals surface area (Å²) in [5, 5.41) is 11.0. The highest BCUT2D eigenvalue weighted by molar-refractivity contribution is 7.55. The molecule has 0 bridgehead atoms. The number of allylic oxidation sites excluding steroid dienone is 1. The molecule has 0 radical (unpaired) electrons. The molecule has 0 aliphatic rings. The minimum atomic E-state index is -4.13. The molecule has 0 heterocycles. The van der Waals surface area contributed by atoms with E-state index in [2.05, 4.69) is 6.58 Å². The smallest absolute Gasteiger partial charge is 0.415 e. The molecule has 0 fully saturated rings. The van der Waals surface area contributed by atoms with Gasteiger partial charge in [0, 0.05) is 17.7 Å². The minimum absolute atomic E-state index is 0.00375. The van der Waals surface area contributed by atoms with Crippen LogP contribution in [-0.4, -0.2) is 10.7 Å². The molecule has 0 spiro atoms. The van der Waals surface area contributed by atoms with Gasteiger partial charge in [-0.2, -0.15) is 0 Å². The number of benzene rings is 3. The van der Waals surface area contributed by atoms with Crippen LogP contribution in [0, 0.1) is 10.1 Å². The van der Waals surface area contributed by atoms with Gasteiger partial charge in [0.25, 0.3) is 5.69 Å². The maximum atomic E-state index is 14.2. The summed E-state index contributed by atoms with van der Waals surface area (Å²) < 4.78 is 25.9. The van der Waals surface area contributed by atoms with Crippen molar-refractivity contribution in [2.45, 2.75) is 12.6 Å². The number of ketones is 1. The van der Waals surface area contributed by atoms with E-state index in [9.17, 15) is 19.5 Å². The van der Waals surface area contributed by atoms with E-state index >= 15 is 0 Å². The van der Waals surface area contributed by atoms with Gasteiger partial charge in [0.2, 0.25) is 0 Å². The Morgan fingerprint density at radius 3 is 1.74 bits per heavy atom. The van der Waals surface area contributed by atoms with Crippen LogP contribution in [0.1, 0.15) is 18.1 Å². The van der Waals surface area contributed by atoms with E-state index in [1.165, 1.54) is 31.2 Å². The van der Waals surface area contributed by atoms with Crippen molar-refractivity contribution < 1.29 is 23.3 Å². The first kappa shape index (κ1) is 22.0. The predicted molar refractivity (Wildman–Crippen MR) is 117 cm³/mol. The molecule has 0 saturated carbocycles. The van der Waals surface area contributed by atoms with Crippen molar-refractivity contribution in [1.29, 1.82) is 0 Å². The monoisotopic (exact) mass is 437 g/mol. The second-order valence-corrected chi connectivity index (χ2v) is 8.64. The molecule has 8 heteroatoms. The Labute approximate surface area is 179 Å². The van der Waals surface area contributed by atoms with Crippen LogP contribution in [0.25, 0.3) is 0 Å². The van der Waals surface area contributed by atoms with E-state index in [0.29, 0.717) is 5.56 Å². The van der Waals surface area contributed by atoms with Crippen molar-refractivity contribution in [3.63, 3.8) is 0 Å². The summed E-state index contributed by atoms with van der Waals surface area (Å²) in [6.07, 6.45) is 0. The van der Waals surface area contributed by atoms with Gasteiger partial charge < -0.3 is 9.05 Å². The Kier molecular flexibility index (Phi) is 6.68. The Balaban J connectivity index is 2.13. The number of carbonyl (C=O) groups is 1. The minimum Gasteiger partial charge on any atom is -0.415 e. The molecule has 1 atom stereocenters. The van der Waals surface area contributed by atoms with Crippen LogP contribution in [-0.2, 0) is 9.36 Å². The maximum absolute atomic E-state index is 14.2. The van der Waals surface area contributed by atoms with Crippen LogP contribution in [0.5, 0.6) is 11.5 Å². The van der Waals surface area contributed by atoms with Gasteiger partial charge in [0.1, 0.15) is 17.2 Å². The van der Waals surface area contributed by atoms with Crippen molar-refractivity contribution in [2.75, 3.05) is 0 Å². The summed E-state index contributed by atoms with van der Waals surface area (Å²) in [6.45, 7) is 5.12. The second-order valence-electron chi connectivity index (χ2n) is 6.68. The van der Waals surface area contributed by atoms with Gasteiger partial charge in [-0.25, -0.2) is 4.57 Å². The molecule has 3 aromatic rings. The standard InChI is InChI=1S/C23H20NO6P/c1-17(18(2)25)23(19-13-15-20(16-14-19)24(26)27)31(28,29-21-9-5-3-6-10-21)30-22-11-7-4-8-12-22/h3-16,23H,1H2,2H3. The molecule has 0 aliphatic heterocycles. The van der Waals surface area contributed by atoms with Gasteiger partial charge in [-0.1, -0.05) is 55.1 Å². The zero-order valence-electron chi connectivity index (χ0n) is 16.7. The molecule has 0 N–H and O–H groups in total. The molecule has 0 amide bonds. The van der Waals surface area contributed by atoms with Crippen LogP contribution in [0.2, 0.25) is 0 Å².